The van der Waals surface area contributed by atoms with Crippen LogP contribution in [0.2, 0.25) is 0 Å². The first-order valence-corrected chi connectivity index (χ1v) is 9.38. The highest BCUT2D eigenvalue weighted by Gasteiger charge is 2.23. The van der Waals surface area contributed by atoms with Crippen LogP contribution in [0.4, 0.5) is 0 Å². The number of pyridine rings is 1. The minimum Gasteiger partial charge on any atom is -0.489 e. The molecule has 1 aromatic rings. The Labute approximate surface area is 145 Å². The third kappa shape index (κ3) is 5.20. The van der Waals surface area contributed by atoms with E-state index in [4.69, 9.17) is 4.74 Å². The molecule has 3 heterocycles. The maximum absolute atomic E-state index is 12.4. The number of ether oxygens (including phenoxy) is 1. The first-order chi connectivity index (χ1) is 11.8. The van der Waals surface area contributed by atoms with E-state index in [0.717, 1.165) is 44.6 Å². The van der Waals surface area contributed by atoms with E-state index in [1.807, 2.05) is 17.0 Å². The van der Waals surface area contributed by atoms with Crippen molar-refractivity contribution < 1.29 is 9.53 Å². The van der Waals surface area contributed by atoms with Crippen molar-refractivity contribution in [2.45, 2.75) is 51.0 Å². The molecule has 0 aliphatic carbocycles. The van der Waals surface area contributed by atoms with Crippen LogP contribution in [0.5, 0.6) is 5.75 Å². The first kappa shape index (κ1) is 17.2. The van der Waals surface area contributed by atoms with E-state index in [9.17, 15) is 4.79 Å². The number of nitrogens with zero attached hydrogens (tertiary/aromatic N) is 3. The summed E-state index contributed by atoms with van der Waals surface area (Å²) < 4.78 is 5.94. The molecule has 0 radical (unpaired) electrons. The van der Waals surface area contributed by atoms with E-state index in [1.165, 1.54) is 32.4 Å². The molecule has 0 N–H and O–H groups in total. The Bertz CT molecular complexity index is 495. The largest absolute Gasteiger partial charge is 0.489 e. The summed E-state index contributed by atoms with van der Waals surface area (Å²) in [4.78, 5) is 21.0. The summed E-state index contributed by atoms with van der Waals surface area (Å²) in [6, 6.07) is 3.82. The van der Waals surface area contributed by atoms with Crippen LogP contribution < -0.4 is 4.74 Å². The van der Waals surface area contributed by atoms with E-state index in [1.54, 1.807) is 12.4 Å². The van der Waals surface area contributed by atoms with Crippen molar-refractivity contribution in [2.24, 2.45) is 0 Å². The Hall–Kier alpha value is -1.62. The Morgan fingerprint density at radius 2 is 1.96 bits per heavy atom. The molecule has 132 valence electrons. The topological polar surface area (TPSA) is 45.7 Å². The molecule has 2 saturated heterocycles. The van der Waals surface area contributed by atoms with Gasteiger partial charge in [0.05, 0.1) is 6.20 Å². The lowest BCUT2D eigenvalue weighted by atomic mass is 10.1. The second-order valence-electron chi connectivity index (χ2n) is 6.89. The van der Waals surface area contributed by atoms with Crippen molar-refractivity contribution >= 4 is 5.91 Å². The van der Waals surface area contributed by atoms with Crippen LogP contribution in [0.1, 0.15) is 44.9 Å². The fourth-order valence-electron chi connectivity index (χ4n) is 3.63. The van der Waals surface area contributed by atoms with Gasteiger partial charge in [0.15, 0.2) is 0 Å². The molecular weight excluding hydrogens is 302 g/mol. The van der Waals surface area contributed by atoms with Crippen molar-refractivity contribution in [1.82, 2.24) is 14.8 Å². The average Bonchev–Trinajstić information content (AvgIpc) is 2.64. The maximum Gasteiger partial charge on any atom is 0.222 e. The molecule has 2 aliphatic heterocycles. The van der Waals surface area contributed by atoms with Gasteiger partial charge in [-0.25, -0.2) is 0 Å². The molecule has 0 bridgehead atoms. The predicted octanol–water partition coefficient (Wildman–Crippen LogP) is 2.72. The van der Waals surface area contributed by atoms with Gasteiger partial charge in [-0.2, -0.15) is 0 Å². The molecule has 24 heavy (non-hydrogen) atoms. The third-order valence-corrected chi connectivity index (χ3v) is 5.05. The van der Waals surface area contributed by atoms with E-state index >= 15 is 0 Å². The lowest BCUT2D eigenvalue weighted by Crippen LogP contribution is -2.42. The summed E-state index contributed by atoms with van der Waals surface area (Å²) in [6.07, 6.45) is 11.2. The monoisotopic (exact) mass is 331 g/mol. The molecule has 3 rings (SSSR count). The number of aromatic nitrogens is 1. The molecule has 0 spiro atoms. The standard InChI is InChI=1S/C19H29N3O2/c23-19(7-5-13-21-11-2-1-3-12-21)22-14-8-17(9-15-22)24-18-6-4-10-20-16-18/h4,6,10,16-17H,1-3,5,7-9,11-15H2. The van der Waals surface area contributed by atoms with Gasteiger partial charge in [-0.3, -0.25) is 9.78 Å². The highest BCUT2D eigenvalue weighted by atomic mass is 16.5. The summed E-state index contributed by atoms with van der Waals surface area (Å²) in [5.41, 5.74) is 0. The number of likely N-dealkylation sites (tertiary alicyclic amines) is 2. The Morgan fingerprint density at radius 1 is 1.17 bits per heavy atom. The summed E-state index contributed by atoms with van der Waals surface area (Å²) in [6.45, 7) is 5.13. The van der Waals surface area contributed by atoms with Crippen molar-refractivity contribution in [3.63, 3.8) is 0 Å². The van der Waals surface area contributed by atoms with Gasteiger partial charge >= 0.3 is 0 Å². The minimum atomic E-state index is 0.201. The van der Waals surface area contributed by atoms with Gasteiger partial charge < -0.3 is 14.5 Å². The molecule has 2 fully saturated rings. The molecule has 2 aliphatic rings. The van der Waals surface area contributed by atoms with Crippen molar-refractivity contribution in [1.29, 1.82) is 0 Å². The maximum atomic E-state index is 12.4. The van der Waals surface area contributed by atoms with Crippen LogP contribution in [0, 0.1) is 0 Å². The zero-order chi connectivity index (χ0) is 16.6. The fourth-order valence-corrected chi connectivity index (χ4v) is 3.63. The molecule has 0 unspecified atom stereocenters. The molecular formula is C19H29N3O2. The van der Waals surface area contributed by atoms with E-state index in [0.29, 0.717) is 12.3 Å². The lowest BCUT2D eigenvalue weighted by molar-refractivity contribution is -0.133. The van der Waals surface area contributed by atoms with Gasteiger partial charge in [-0.1, -0.05) is 6.42 Å². The third-order valence-electron chi connectivity index (χ3n) is 5.05. The van der Waals surface area contributed by atoms with Crippen LogP contribution in [0.25, 0.3) is 0 Å². The molecule has 0 aromatic carbocycles. The number of hydrogen-bond acceptors (Lipinski definition) is 4. The van der Waals surface area contributed by atoms with Crippen LogP contribution in [0.15, 0.2) is 24.5 Å². The van der Waals surface area contributed by atoms with Gasteiger partial charge in [0.2, 0.25) is 5.91 Å². The smallest absolute Gasteiger partial charge is 0.222 e. The van der Waals surface area contributed by atoms with Gasteiger partial charge in [-0.15, -0.1) is 0 Å². The zero-order valence-corrected chi connectivity index (χ0v) is 14.5. The predicted molar refractivity (Wildman–Crippen MR) is 94.0 cm³/mol. The lowest BCUT2D eigenvalue weighted by Gasteiger charge is -2.32. The number of carbonyl (C=O) groups excluding carboxylic acids is 1. The van der Waals surface area contributed by atoms with E-state index in [-0.39, 0.29) is 6.10 Å². The Kier molecular flexibility index (Phi) is 6.47. The van der Waals surface area contributed by atoms with Crippen molar-refractivity contribution in [3.8, 4) is 5.75 Å². The van der Waals surface area contributed by atoms with Crippen molar-refractivity contribution in [2.75, 3.05) is 32.7 Å². The van der Waals surface area contributed by atoms with Gasteiger partial charge in [0.25, 0.3) is 0 Å². The SMILES string of the molecule is O=C(CCCN1CCCCC1)N1CCC(Oc2cccnc2)CC1. The number of rotatable bonds is 6. The van der Waals surface area contributed by atoms with Gasteiger partial charge in [0, 0.05) is 38.5 Å². The second kappa shape index (κ2) is 9.02. The molecule has 5 heteroatoms. The molecule has 1 amide bonds. The Balaban J connectivity index is 1.32. The van der Waals surface area contributed by atoms with E-state index in [2.05, 4.69) is 9.88 Å². The fraction of sp³-hybridized carbons (Fsp3) is 0.684. The molecule has 0 atom stereocenters. The quantitative estimate of drug-likeness (QED) is 0.804. The first-order valence-electron chi connectivity index (χ1n) is 9.38. The number of piperidine rings is 2. The molecule has 5 nitrogen and oxygen atoms in total. The van der Waals surface area contributed by atoms with Crippen LogP contribution >= 0.6 is 0 Å². The van der Waals surface area contributed by atoms with Crippen LogP contribution in [-0.4, -0.2) is 59.5 Å². The summed E-state index contributed by atoms with van der Waals surface area (Å²) in [5, 5.41) is 0. The Morgan fingerprint density at radius 3 is 2.67 bits per heavy atom. The molecule has 1 aromatic heterocycles. The summed E-state index contributed by atoms with van der Waals surface area (Å²) in [5.74, 6) is 1.13. The number of hydrogen-bond donors (Lipinski definition) is 0. The highest BCUT2D eigenvalue weighted by Crippen LogP contribution is 2.19. The number of amides is 1. The zero-order valence-electron chi connectivity index (χ0n) is 14.5. The normalized spacial score (nSPS) is 20.1. The number of carbonyl (C=O) groups is 1. The van der Waals surface area contributed by atoms with E-state index < -0.39 is 0 Å². The van der Waals surface area contributed by atoms with Gasteiger partial charge in [-0.05, 0) is 51.0 Å². The van der Waals surface area contributed by atoms with Gasteiger partial charge in [0.1, 0.15) is 11.9 Å². The minimum absolute atomic E-state index is 0.201. The summed E-state index contributed by atoms with van der Waals surface area (Å²) in [7, 11) is 0. The van der Waals surface area contributed by atoms with Crippen LogP contribution in [-0.2, 0) is 4.79 Å². The summed E-state index contributed by atoms with van der Waals surface area (Å²) >= 11 is 0. The molecule has 0 saturated carbocycles. The van der Waals surface area contributed by atoms with Crippen LogP contribution in [0.3, 0.4) is 0 Å². The highest BCUT2D eigenvalue weighted by molar-refractivity contribution is 5.76. The average molecular weight is 331 g/mol. The van der Waals surface area contributed by atoms with Crippen molar-refractivity contribution in [3.05, 3.63) is 24.5 Å². The second-order valence-corrected chi connectivity index (χ2v) is 6.89.